The SMILES string of the molecule is CC(=O)N[C@H](CCCN=C(N)N)C(=O)N[C@@H]1CC(=O)NCCCC[C@H](C(N)=O)NC(=O)[C@@H](Cc2c[nH]c3ccccc23)NC(=O)[C@@H](CCCN=C(N)N)NC(=O)[C@H](Cc2ccccc2)NC(=O)[C@H]2C[C@H](Cc3ccccc3)CN2C1=O. The summed E-state index contributed by atoms with van der Waals surface area (Å²) in [6.07, 6.45) is 2.51. The van der Waals surface area contributed by atoms with Crippen molar-refractivity contribution >= 4 is 76.0 Å². The van der Waals surface area contributed by atoms with Gasteiger partial charge < -0.3 is 75.8 Å². The molecular weight excluding hydrogens is 1040 g/mol. The van der Waals surface area contributed by atoms with Crippen LogP contribution in [0.15, 0.2) is 101 Å². The number of para-hydroxylation sites is 1. The highest BCUT2D eigenvalue weighted by Crippen LogP contribution is 2.29. The lowest BCUT2D eigenvalue weighted by atomic mass is 9.96. The molecule has 434 valence electrons. The number of aromatic amines is 1. The minimum Gasteiger partial charge on any atom is -0.370 e. The number of rotatable bonds is 18. The van der Waals surface area contributed by atoms with E-state index in [-0.39, 0.29) is 108 Å². The monoisotopic (exact) mass is 1120 g/mol. The molecule has 2 saturated heterocycles. The summed E-state index contributed by atoms with van der Waals surface area (Å²) in [5, 5.41) is 20.1. The van der Waals surface area contributed by atoms with E-state index in [2.05, 4.69) is 52.2 Å². The van der Waals surface area contributed by atoms with E-state index in [0.717, 1.165) is 16.5 Å². The number of primary amides is 1. The van der Waals surface area contributed by atoms with Crippen molar-refractivity contribution in [2.45, 2.75) is 126 Å². The van der Waals surface area contributed by atoms with Crippen LogP contribution in [0, 0.1) is 5.92 Å². The van der Waals surface area contributed by atoms with E-state index in [1.165, 1.54) is 11.8 Å². The minimum absolute atomic E-state index is 0.00847. The van der Waals surface area contributed by atoms with Gasteiger partial charge in [0.05, 0.1) is 6.42 Å². The van der Waals surface area contributed by atoms with Gasteiger partial charge in [0.2, 0.25) is 53.2 Å². The topological polar surface area (TPSA) is 412 Å². The number of hydrogen-bond acceptors (Lipinski definition) is 11. The summed E-state index contributed by atoms with van der Waals surface area (Å²) in [7, 11) is 0. The van der Waals surface area contributed by atoms with Crippen LogP contribution in [-0.4, -0.2) is 143 Å². The van der Waals surface area contributed by atoms with Gasteiger partial charge in [-0.3, -0.25) is 53.1 Å². The number of nitrogens with zero attached hydrogens (tertiary/aromatic N) is 3. The molecule has 18 N–H and O–H groups in total. The smallest absolute Gasteiger partial charge is 0.246 e. The molecule has 1 aromatic heterocycles. The molecule has 4 aromatic rings. The van der Waals surface area contributed by atoms with Crippen LogP contribution in [0.4, 0.5) is 0 Å². The van der Waals surface area contributed by atoms with Crippen LogP contribution in [0.3, 0.4) is 0 Å². The van der Waals surface area contributed by atoms with E-state index in [0.29, 0.717) is 17.5 Å². The van der Waals surface area contributed by atoms with Gasteiger partial charge in [-0.25, -0.2) is 0 Å². The first kappa shape index (κ1) is 61.2. The van der Waals surface area contributed by atoms with Crippen molar-refractivity contribution in [2.24, 2.45) is 44.6 Å². The zero-order chi connectivity index (χ0) is 58.4. The number of aliphatic imine (C=N–C) groups is 2. The molecule has 25 heteroatoms. The molecule has 3 heterocycles. The van der Waals surface area contributed by atoms with Crippen LogP contribution in [0.25, 0.3) is 10.9 Å². The molecule has 0 unspecified atom stereocenters. The Kier molecular flexibility index (Phi) is 22.9. The maximum Gasteiger partial charge on any atom is 0.246 e. The van der Waals surface area contributed by atoms with Crippen molar-refractivity contribution in [3.8, 4) is 0 Å². The van der Waals surface area contributed by atoms with Crippen LogP contribution in [-0.2, 0) is 62.4 Å². The van der Waals surface area contributed by atoms with Crippen molar-refractivity contribution in [1.82, 2.24) is 47.1 Å². The molecule has 2 aliphatic rings. The second kappa shape index (κ2) is 30.4. The molecule has 81 heavy (non-hydrogen) atoms. The lowest BCUT2D eigenvalue weighted by molar-refractivity contribution is -0.143. The average molecular weight is 1120 g/mol. The predicted octanol–water partition coefficient (Wildman–Crippen LogP) is -1.38. The zero-order valence-corrected chi connectivity index (χ0v) is 45.5. The number of H-pyrrole nitrogens is 1. The molecule has 0 bridgehead atoms. The second-order valence-corrected chi connectivity index (χ2v) is 20.5. The Morgan fingerprint density at radius 2 is 1.28 bits per heavy atom. The van der Waals surface area contributed by atoms with E-state index in [9.17, 15) is 33.6 Å². The second-order valence-electron chi connectivity index (χ2n) is 20.5. The summed E-state index contributed by atoms with van der Waals surface area (Å²) >= 11 is 0. The quantitative estimate of drug-likeness (QED) is 0.0311. The lowest BCUT2D eigenvalue weighted by Crippen LogP contribution is -2.60. The number of hydrogen-bond donors (Lipinski definition) is 13. The van der Waals surface area contributed by atoms with Crippen molar-refractivity contribution in [3.05, 3.63) is 108 Å². The van der Waals surface area contributed by atoms with Gasteiger partial charge in [0.1, 0.15) is 42.3 Å². The van der Waals surface area contributed by atoms with Crippen molar-refractivity contribution in [1.29, 1.82) is 0 Å². The van der Waals surface area contributed by atoms with Gasteiger partial charge >= 0.3 is 0 Å². The zero-order valence-electron chi connectivity index (χ0n) is 45.5. The first-order chi connectivity index (χ1) is 38.8. The number of carbonyl (C=O) groups is 9. The van der Waals surface area contributed by atoms with Gasteiger partial charge in [-0.05, 0) is 86.5 Å². The third kappa shape index (κ3) is 19.1. The Morgan fingerprint density at radius 1 is 0.691 bits per heavy atom. The number of fused-ring (bicyclic) bond motifs is 2. The highest BCUT2D eigenvalue weighted by Gasteiger charge is 2.44. The third-order valence-corrected chi connectivity index (χ3v) is 14.1. The highest BCUT2D eigenvalue weighted by atomic mass is 16.2. The molecule has 0 aliphatic carbocycles. The molecule has 0 radical (unpaired) electrons. The predicted molar refractivity (Wildman–Crippen MR) is 304 cm³/mol. The summed E-state index contributed by atoms with van der Waals surface area (Å²) in [5.41, 5.74) is 31.1. The van der Waals surface area contributed by atoms with Gasteiger partial charge in [-0.2, -0.15) is 0 Å². The van der Waals surface area contributed by atoms with Crippen molar-refractivity contribution in [2.75, 3.05) is 26.2 Å². The molecule has 9 amide bonds. The van der Waals surface area contributed by atoms with E-state index in [1.54, 1.807) is 36.5 Å². The molecule has 2 fully saturated rings. The van der Waals surface area contributed by atoms with Crippen LogP contribution in [0.1, 0.15) is 81.4 Å². The summed E-state index contributed by atoms with van der Waals surface area (Å²) in [6.45, 7) is 1.46. The summed E-state index contributed by atoms with van der Waals surface area (Å²) < 4.78 is 0. The fraction of sp³-hybridized carbons (Fsp3) is 0.446. The molecule has 3 aromatic carbocycles. The normalized spacial score (nSPS) is 22.1. The number of nitrogens with one attached hydrogen (secondary N) is 8. The number of amides is 9. The fourth-order valence-electron chi connectivity index (χ4n) is 10.1. The van der Waals surface area contributed by atoms with E-state index < -0.39 is 102 Å². The highest BCUT2D eigenvalue weighted by molar-refractivity contribution is 5.99. The Labute approximate surface area is 469 Å². The van der Waals surface area contributed by atoms with Crippen molar-refractivity contribution in [3.63, 3.8) is 0 Å². The van der Waals surface area contributed by atoms with Crippen LogP contribution < -0.4 is 65.9 Å². The summed E-state index contributed by atoms with van der Waals surface area (Å²) in [4.78, 5) is 140. The van der Waals surface area contributed by atoms with Gasteiger partial charge in [-0.15, -0.1) is 0 Å². The van der Waals surface area contributed by atoms with Crippen molar-refractivity contribution < 1.29 is 43.2 Å². The molecule has 0 spiro atoms. The third-order valence-electron chi connectivity index (χ3n) is 14.1. The van der Waals surface area contributed by atoms with Crippen LogP contribution in [0.2, 0.25) is 0 Å². The molecule has 25 nitrogen and oxygen atoms in total. The Hall–Kier alpha value is -9.03. The Balaban J connectivity index is 1.40. The largest absolute Gasteiger partial charge is 0.370 e. The van der Waals surface area contributed by atoms with E-state index in [1.807, 2.05) is 54.6 Å². The van der Waals surface area contributed by atoms with Crippen LogP contribution >= 0.6 is 0 Å². The summed E-state index contributed by atoms with van der Waals surface area (Å²) in [6, 6.07) is 16.3. The number of benzene rings is 3. The van der Waals surface area contributed by atoms with E-state index in [4.69, 9.17) is 28.7 Å². The van der Waals surface area contributed by atoms with Crippen LogP contribution in [0.5, 0.6) is 0 Å². The molecule has 2 aliphatic heterocycles. The Bertz CT molecular complexity index is 2890. The average Bonchev–Trinajstić information content (AvgIpc) is 4.20. The molecule has 6 rings (SSSR count). The Morgan fingerprint density at radius 3 is 1.95 bits per heavy atom. The number of carbonyl (C=O) groups excluding carboxylic acids is 9. The maximum atomic E-state index is 15.2. The first-order valence-corrected chi connectivity index (χ1v) is 27.2. The number of aromatic nitrogens is 1. The lowest BCUT2D eigenvalue weighted by Gasteiger charge is -2.31. The van der Waals surface area contributed by atoms with Gasteiger partial charge in [0.25, 0.3) is 0 Å². The molecule has 8 atom stereocenters. The summed E-state index contributed by atoms with van der Waals surface area (Å²) in [5.74, 6) is -7.36. The van der Waals surface area contributed by atoms with Gasteiger partial charge in [-0.1, -0.05) is 78.9 Å². The van der Waals surface area contributed by atoms with E-state index >= 15 is 9.59 Å². The standard InChI is InChI=1S/C56H76N16O9/c1-33(73)66-41(21-12-24-63-55(58)59)49(76)71-45-30-47(74)62-23-11-10-20-40(48(57)75)67-52(79)44(29-37-31-65-39-19-9-8-18-38(37)39)69-50(77)42(22-13-25-64-56(60)61)68-51(78)43(27-35-16-6-3-7-17-35)70-53(80)46-28-36(32-72(46)54(45)81)26-34-14-4-2-5-15-34/h2-9,14-19,31,36,40-46,65H,10-13,20-30,32H2,1H3,(H2,57,75)(H,62,74)(H,66,73)(H,67,79)(H,68,78)(H,69,77)(H,70,80)(H,71,76)(H4,58,59,63)(H4,60,61,64)/t36-,40+,41+,42+,43-,44+,45+,46+/m0/s1. The minimum atomic E-state index is -1.58. The number of nitrogens with two attached hydrogens (primary N) is 5. The molecular formula is C56H76N16O9. The fourth-order valence-corrected chi connectivity index (χ4v) is 10.1. The number of guanidine groups is 2. The van der Waals surface area contributed by atoms with Gasteiger partial charge in [0.15, 0.2) is 11.9 Å². The van der Waals surface area contributed by atoms with Gasteiger partial charge in [0, 0.05) is 63.0 Å². The maximum absolute atomic E-state index is 15.2. The molecule has 0 saturated carbocycles. The first-order valence-electron chi connectivity index (χ1n) is 27.2.